The van der Waals surface area contributed by atoms with Crippen LogP contribution < -0.4 is 10.6 Å². The van der Waals surface area contributed by atoms with Crippen LogP contribution in [0.5, 0.6) is 0 Å². The van der Waals surface area contributed by atoms with E-state index in [-0.39, 0.29) is 17.6 Å². The van der Waals surface area contributed by atoms with Crippen LogP contribution in [0.3, 0.4) is 0 Å². The van der Waals surface area contributed by atoms with E-state index in [0.29, 0.717) is 18.4 Å². The third kappa shape index (κ3) is 3.75. The molecule has 0 saturated heterocycles. The fourth-order valence-corrected chi connectivity index (χ4v) is 5.94. The van der Waals surface area contributed by atoms with Crippen molar-refractivity contribution < 1.29 is 14.0 Å². The van der Waals surface area contributed by atoms with E-state index in [1.54, 1.807) is 12.1 Å². The van der Waals surface area contributed by atoms with Crippen LogP contribution in [-0.4, -0.2) is 24.9 Å². The SMILES string of the molecule is O=C(CCNC(=O)c1ccco1)NCCC12CC3CC(CC(C3)C1)C2. The molecule has 4 saturated carbocycles. The monoisotopic (exact) mass is 344 g/mol. The molecule has 0 radical (unpaired) electrons. The summed E-state index contributed by atoms with van der Waals surface area (Å²) in [4.78, 5) is 23.7. The van der Waals surface area contributed by atoms with Gasteiger partial charge in [0.05, 0.1) is 6.26 Å². The predicted octanol–water partition coefficient (Wildman–Crippen LogP) is 3.12. The summed E-state index contributed by atoms with van der Waals surface area (Å²) in [5, 5.41) is 5.76. The van der Waals surface area contributed by atoms with Crippen molar-refractivity contribution in [3.8, 4) is 0 Å². The van der Waals surface area contributed by atoms with Crippen molar-refractivity contribution in [3.05, 3.63) is 24.2 Å². The Morgan fingerprint density at radius 1 is 1.04 bits per heavy atom. The first-order valence-electron chi connectivity index (χ1n) is 9.70. The van der Waals surface area contributed by atoms with E-state index in [9.17, 15) is 9.59 Å². The summed E-state index contributed by atoms with van der Waals surface area (Å²) in [6, 6.07) is 3.28. The highest BCUT2D eigenvalue weighted by Crippen LogP contribution is 2.61. The summed E-state index contributed by atoms with van der Waals surface area (Å²) in [7, 11) is 0. The number of amides is 2. The van der Waals surface area contributed by atoms with Crippen molar-refractivity contribution in [2.24, 2.45) is 23.2 Å². The van der Waals surface area contributed by atoms with Crippen LogP contribution >= 0.6 is 0 Å². The minimum absolute atomic E-state index is 0.0180. The second-order valence-corrected chi connectivity index (χ2v) is 8.50. The molecular weight excluding hydrogens is 316 g/mol. The Hall–Kier alpha value is -1.78. The van der Waals surface area contributed by atoms with E-state index in [1.165, 1.54) is 44.8 Å². The van der Waals surface area contributed by atoms with E-state index < -0.39 is 0 Å². The van der Waals surface area contributed by atoms with Crippen LogP contribution in [0.25, 0.3) is 0 Å². The molecular formula is C20H28N2O3. The summed E-state index contributed by atoms with van der Waals surface area (Å²) >= 11 is 0. The maximum Gasteiger partial charge on any atom is 0.286 e. The van der Waals surface area contributed by atoms with Crippen LogP contribution in [0.1, 0.15) is 61.9 Å². The maximum absolute atomic E-state index is 12.0. The molecule has 1 aromatic rings. The Morgan fingerprint density at radius 2 is 1.72 bits per heavy atom. The molecule has 0 spiro atoms. The van der Waals surface area contributed by atoms with Crippen molar-refractivity contribution in [1.82, 2.24) is 10.6 Å². The van der Waals surface area contributed by atoms with Gasteiger partial charge in [0.15, 0.2) is 5.76 Å². The van der Waals surface area contributed by atoms with E-state index in [4.69, 9.17) is 4.42 Å². The number of carbonyl (C=O) groups is 2. The summed E-state index contributed by atoms with van der Waals surface area (Å²) in [6.07, 6.45) is 11.4. The van der Waals surface area contributed by atoms with Crippen LogP contribution in [-0.2, 0) is 4.79 Å². The average Bonchev–Trinajstić information content (AvgIpc) is 3.07. The number of hydrogen-bond acceptors (Lipinski definition) is 3. The number of nitrogens with one attached hydrogen (secondary N) is 2. The molecule has 5 nitrogen and oxygen atoms in total. The minimum atomic E-state index is -0.272. The first-order valence-corrected chi connectivity index (χ1v) is 9.70. The minimum Gasteiger partial charge on any atom is -0.459 e. The molecule has 0 atom stereocenters. The summed E-state index contributed by atoms with van der Waals surface area (Å²) in [6.45, 7) is 1.11. The molecule has 2 amide bonds. The average molecular weight is 344 g/mol. The van der Waals surface area contributed by atoms with E-state index in [1.807, 2.05) is 0 Å². The molecule has 25 heavy (non-hydrogen) atoms. The van der Waals surface area contributed by atoms with Gasteiger partial charge in [-0.05, 0) is 80.2 Å². The summed E-state index contributed by atoms with van der Waals surface area (Å²) in [5.41, 5.74) is 0.509. The van der Waals surface area contributed by atoms with Gasteiger partial charge in [0, 0.05) is 19.5 Å². The molecule has 5 heteroatoms. The molecule has 1 heterocycles. The van der Waals surface area contributed by atoms with Gasteiger partial charge < -0.3 is 15.1 Å². The second-order valence-electron chi connectivity index (χ2n) is 8.50. The highest BCUT2D eigenvalue weighted by atomic mass is 16.3. The third-order valence-corrected chi connectivity index (χ3v) is 6.53. The highest BCUT2D eigenvalue weighted by Gasteiger charge is 2.50. The molecule has 0 aliphatic heterocycles. The lowest BCUT2D eigenvalue weighted by molar-refractivity contribution is -0.121. The number of carbonyl (C=O) groups excluding carboxylic acids is 2. The molecule has 1 aromatic heterocycles. The molecule has 4 aliphatic rings. The standard InChI is InChI=1S/C20H28N2O3/c23-18(3-5-22-19(24)17-2-1-7-25-17)21-6-4-20-11-14-8-15(12-20)10-16(9-14)13-20/h1-2,7,14-16H,3-6,8-13H2,(H,21,23)(H,22,24). The molecule has 5 rings (SSSR count). The van der Waals surface area contributed by atoms with Gasteiger partial charge in [-0.15, -0.1) is 0 Å². The van der Waals surface area contributed by atoms with Gasteiger partial charge in [-0.1, -0.05) is 0 Å². The largest absolute Gasteiger partial charge is 0.459 e. The van der Waals surface area contributed by atoms with Crippen LogP contribution in [0.4, 0.5) is 0 Å². The van der Waals surface area contributed by atoms with Crippen molar-refractivity contribution in [1.29, 1.82) is 0 Å². The second kappa shape index (κ2) is 6.85. The van der Waals surface area contributed by atoms with Crippen LogP contribution in [0.15, 0.2) is 22.8 Å². The highest BCUT2D eigenvalue weighted by molar-refractivity contribution is 5.91. The zero-order chi connectivity index (χ0) is 17.3. The number of hydrogen-bond donors (Lipinski definition) is 2. The van der Waals surface area contributed by atoms with Crippen LogP contribution in [0, 0.1) is 23.2 Å². The summed E-state index contributed by atoms with van der Waals surface area (Å²) < 4.78 is 5.02. The van der Waals surface area contributed by atoms with Gasteiger partial charge in [-0.2, -0.15) is 0 Å². The molecule has 2 N–H and O–H groups in total. The third-order valence-electron chi connectivity index (χ3n) is 6.53. The van der Waals surface area contributed by atoms with Gasteiger partial charge in [-0.3, -0.25) is 9.59 Å². The lowest BCUT2D eigenvalue weighted by Crippen LogP contribution is -2.47. The van der Waals surface area contributed by atoms with E-state index >= 15 is 0 Å². The first kappa shape index (κ1) is 16.7. The van der Waals surface area contributed by atoms with Crippen molar-refractivity contribution in [2.75, 3.05) is 13.1 Å². The Kier molecular flexibility index (Phi) is 4.57. The molecule has 4 fully saturated rings. The first-order chi connectivity index (χ1) is 12.1. The molecule has 0 aromatic carbocycles. The quantitative estimate of drug-likeness (QED) is 0.798. The van der Waals surface area contributed by atoms with Gasteiger partial charge in [0.2, 0.25) is 5.91 Å². The van der Waals surface area contributed by atoms with Gasteiger partial charge in [0.25, 0.3) is 5.91 Å². The maximum atomic E-state index is 12.0. The lowest BCUT2D eigenvalue weighted by Gasteiger charge is -2.57. The van der Waals surface area contributed by atoms with E-state index in [2.05, 4.69) is 10.6 Å². The molecule has 0 unspecified atom stereocenters. The molecule has 4 aliphatic carbocycles. The van der Waals surface area contributed by atoms with Gasteiger partial charge in [0.1, 0.15) is 0 Å². The van der Waals surface area contributed by atoms with Crippen molar-refractivity contribution >= 4 is 11.8 Å². The Morgan fingerprint density at radius 3 is 2.32 bits per heavy atom. The van der Waals surface area contributed by atoms with Gasteiger partial charge in [-0.25, -0.2) is 0 Å². The van der Waals surface area contributed by atoms with Crippen molar-refractivity contribution in [3.63, 3.8) is 0 Å². The summed E-state index contributed by atoms with van der Waals surface area (Å²) in [5.74, 6) is 2.90. The lowest BCUT2D eigenvalue weighted by atomic mass is 9.49. The number of rotatable bonds is 7. The van der Waals surface area contributed by atoms with Crippen LogP contribution in [0.2, 0.25) is 0 Å². The molecule has 136 valence electrons. The smallest absolute Gasteiger partial charge is 0.286 e. The zero-order valence-electron chi connectivity index (χ0n) is 14.8. The van der Waals surface area contributed by atoms with Crippen molar-refractivity contribution in [2.45, 2.75) is 51.4 Å². The predicted molar refractivity (Wildman–Crippen MR) is 93.9 cm³/mol. The zero-order valence-corrected chi connectivity index (χ0v) is 14.8. The Balaban J connectivity index is 1.15. The topological polar surface area (TPSA) is 71.3 Å². The number of furan rings is 1. The Bertz CT molecular complexity index is 588. The normalized spacial score (nSPS) is 32.6. The fourth-order valence-electron chi connectivity index (χ4n) is 5.94. The van der Waals surface area contributed by atoms with E-state index in [0.717, 1.165) is 30.7 Å². The fraction of sp³-hybridized carbons (Fsp3) is 0.700. The molecule has 4 bridgehead atoms. The van der Waals surface area contributed by atoms with Gasteiger partial charge >= 0.3 is 0 Å². The Labute approximate surface area is 148 Å².